The van der Waals surface area contributed by atoms with Gasteiger partial charge in [-0.2, -0.15) is 5.26 Å². The van der Waals surface area contributed by atoms with E-state index in [-0.39, 0.29) is 0 Å². The van der Waals surface area contributed by atoms with E-state index in [1.807, 2.05) is 12.1 Å². The molecule has 90 valence electrons. The summed E-state index contributed by atoms with van der Waals surface area (Å²) in [7, 11) is 4.20. The summed E-state index contributed by atoms with van der Waals surface area (Å²) in [5, 5.41) is 9.75. The van der Waals surface area contributed by atoms with Crippen molar-refractivity contribution in [1.82, 2.24) is 4.90 Å². The van der Waals surface area contributed by atoms with Gasteiger partial charge in [-0.3, -0.25) is 0 Å². The van der Waals surface area contributed by atoms with Crippen LogP contribution in [0.5, 0.6) is 0 Å². The highest BCUT2D eigenvalue weighted by Gasteiger charge is 2.25. The van der Waals surface area contributed by atoms with E-state index in [1.165, 1.54) is 0 Å². The Labute approximate surface area is 107 Å². The minimum atomic E-state index is 0.567. The number of benzene rings is 1. The van der Waals surface area contributed by atoms with Crippen molar-refractivity contribution >= 4 is 17.3 Å². The quantitative estimate of drug-likeness (QED) is 0.806. The number of nitriles is 1. The van der Waals surface area contributed by atoms with Crippen molar-refractivity contribution in [2.24, 2.45) is 0 Å². The molecule has 1 aliphatic rings. The first-order valence-electron chi connectivity index (χ1n) is 5.73. The minimum absolute atomic E-state index is 0.567. The van der Waals surface area contributed by atoms with Crippen LogP contribution in [0.1, 0.15) is 12.0 Å². The van der Waals surface area contributed by atoms with Crippen LogP contribution in [0.2, 0.25) is 5.02 Å². The van der Waals surface area contributed by atoms with Crippen LogP contribution in [0.15, 0.2) is 18.2 Å². The molecule has 0 aliphatic carbocycles. The SMILES string of the molecule is CN(C)C1CCN(c2ccc(Cl)cc2C#N)C1. The summed E-state index contributed by atoms with van der Waals surface area (Å²) in [6.07, 6.45) is 1.14. The van der Waals surface area contributed by atoms with Gasteiger partial charge in [-0.1, -0.05) is 11.6 Å². The van der Waals surface area contributed by atoms with Crippen LogP contribution in [0.4, 0.5) is 5.69 Å². The van der Waals surface area contributed by atoms with Crippen LogP contribution in [0.3, 0.4) is 0 Å². The smallest absolute Gasteiger partial charge is 0.101 e. The molecule has 1 unspecified atom stereocenters. The van der Waals surface area contributed by atoms with Gasteiger partial charge in [-0.05, 0) is 38.7 Å². The number of halogens is 1. The predicted molar refractivity (Wildman–Crippen MR) is 70.5 cm³/mol. The Morgan fingerprint density at radius 3 is 2.82 bits per heavy atom. The molecule has 17 heavy (non-hydrogen) atoms. The Balaban J connectivity index is 2.22. The van der Waals surface area contributed by atoms with Crippen LogP contribution in [0, 0.1) is 11.3 Å². The average molecular weight is 250 g/mol. The Hall–Kier alpha value is -1.24. The maximum Gasteiger partial charge on any atom is 0.101 e. The van der Waals surface area contributed by atoms with Crippen LogP contribution < -0.4 is 4.90 Å². The molecule has 0 amide bonds. The zero-order chi connectivity index (χ0) is 12.4. The third-order valence-corrected chi connectivity index (χ3v) is 3.55. The van der Waals surface area contributed by atoms with E-state index >= 15 is 0 Å². The van der Waals surface area contributed by atoms with Gasteiger partial charge in [0.15, 0.2) is 0 Å². The first-order valence-corrected chi connectivity index (χ1v) is 6.10. The van der Waals surface area contributed by atoms with Gasteiger partial charge in [0.25, 0.3) is 0 Å². The van der Waals surface area contributed by atoms with Crippen LogP contribution in [-0.4, -0.2) is 38.1 Å². The lowest BCUT2D eigenvalue weighted by atomic mass is 10.2. The molecular formula is C13H16ClN3. The average Bonchev–Trinajstić information content (AvgIpc) is 2.78. The topological polar surface area (TPSA) is 30.3 Å². The second-order valence-electron chi connectivity index (χ2n) is 4.63. The molecule has 1 aromatic carbocycles. The van der Waals surface area contributed by atoms with Crippen molar-refractivity contribution in [3.05, 3.63) is 28.8 Å². The van der Waals surface area contributed by atoms with Gasteiger partial charge < -0.3 is 9.80 Å². The highest BCUT2D eigenvalue weighted by molar-refractivity contribution is 6.30. The largest absolute Gasteiger partial charge is 0.369 e. The van der Waals surface area contributed by atoms with E-state index < -0.39 is 0 Å². The standard InChI is InChI=1S/C13H16ClN3/c1-16(2)12-5-6-17(9-12)13-4-3-11(14)7-10(13)8-15/h3-4,7,12H,5-6,9H2,1-2H3. The molecule has 0 radical (unpaired) electrons. The molecule has 1 heterocycles. The van der Waals surface area contributed by atoms with E-state index in [4.69, 9.17) is 16.9 Å². The van der Waals surface area contributed by atoms with Crippen LogP contribution in [-0.2, 0) is 0 Å². The van der Waals surface area contributed by atoms with Gasteiger partial charge in [0.2, 0.25) is 0 Å². The van der Waals surface area contributed by atoms with Gasteiger partial charge >= 0.3 is 0 Å². The van der Waals surface area contributed by atoms with Gasteiger partial charge in [-0.25, -0.2) is 0 Å². The normalized spacial score (nSPS) is 19.7. The second-order valence-corrected chi connectivity index (χ2v) is 5.06. The van der Waals surface area contributed by atoms with E-state index in [1.54, 1.807) is 6.07 Å². The number of anilines is 1. The van der Waals surface area contributed by atoms with Crippen molar-refractivity contribution in [1.29, 1.82) is 5.26 Å². The summed E-state index contributed by atoms with van der Waals surface area (Å²) >= 11 is 5.90. The summed E-state index contributed by atoms with van der Waals surface area (Å²) in [5.41, 5.74) is 1.66. The molecule has 1 atom stereocenters. The van der Waals surface area contributed by atoms with Crippen molar-refractivity contribution in [3.63, 3.8) is 0 Å². The van der Waals surface area contributed by atoms with E-state index in [9.17, 15) is 0 Å². The van der Waals surface area contributed by atoms with E-state index in [0.29, 0.717) is 16.6 Å². The molecule has 1 saturated heterocycles. The molecule has 0 aromatic heterocycles. The maximum atomic E-state index is 9.13. The molecular weight excluding hydrogens is 234 g/mol. The summed E-state index contributed by atoms with van der Waals surface area (Å²) in [6, 6.07) is 8.31. The molecule has 1 aliphatic heterocycles. The Kier molecular flexibility index (Phi) is 3.56. The number of hydrogen-bond acceptors (Lipinski definition) is 3. The van der Waals surface area contributed by atoms with Crippen LogP contribution in [0.25, 0.3) is 0 Å². The van der Waals surface area contributed by atoms with Crippen molar-refractivity contribution in [2.45, 2.75) is 12.5 Å². The molecule has 3 nitrogen and oxygen atoms in total. The molecule has 2 rings (SSSR count). The summed E-state index contributed by atoms with van der Waals surface area (Å²) < 4.78 is 0. The van der Waals surface area contributed by atoms with Crippen LogP contribution >= 0.6 is 11.6 Å². The lowest BCUT2D eigenvalue weighted by molar-refractivity contribution is 0.315. The highest BCUT2D eigenvalue weighted by atomic mass is 35.5. The second kappa shape index (κ2) is 4.95. The molecule has 0 N–H and O–H groups in total. The zero-order valence-corrected chi connectivity index (χ0v) is 10.9. The number of likely N-dealkylation sites (N-methyl/N-ethyl adjacent to an activating group) is 1. The number of rotatable bonds is 2. The zero-order valence-electron chi connectivity index (χ0n) is 10.2. The summed E-state index contributed by atoms with van der Waals surface area (Å²) in [6.45, 7) is 1.97. The first-order chi connectivity index (χ1) is 8.11. The Bertz CT molecular complexity index is 450. The third kappa shape index (κ3) is 2.54. The van der Waals surface area contributed by atoms with Crippen molar-refractivity contribution in [2.75, 3.05) is 32.1 Å². The van der Waals surface area contributed by atoms with E-state index in [2.05, 4.69) is 30.0 Å². The van der Waals surface area contributed by atoms with Gasteiger partial charge in [-0.15, -0.1) is 0 Å². The molecule has 4 heteroatoms. The minimum Gasteiger partial charge on any atom is -0.369 e. The van der Waals surface area contributed by atoms with Crippen molar-refractivity contribution in [3.8, 4) is 6.07 Å². The Morgan fingerprint density at radius 1 is 1.47 bits per heavy atom. The maximum absolute atomic E-state index is 9.13. The van der Waals surface area contributed by atoms with E-state index in [0.717, 1.165) is 25.2 Å². The molecule has 0 spiro atoms. The Morgan fingerprint density at radius 2 is 2.24 bits per heavy atom. The van der Waals surface area contributed by atoms with Gasteiger partial charge in [0.05, 0.1) is 11.3 Å². The lowest BCUT2D eigenvalue weighted by Gasteiger charge is -2.22. The third-order valence-electron chi connectivity index (χ3n) is 3.31. The molecule has 0 bridgehead atoms. The highest BCUT2D eigenvalue weighted by Crippen LogP contribution is 2.27. The van der Waals surface area contributed by atoms with Crippen molar-refractivity contribution < 1.29 is 0 Å². The monoisotopic (exact) mass is 249 g/mol. The number of nitrogens with zero attached hydrogens (tertiary/aromatic N) is 3. The molecule has 1 fully saturated rings. The molecule has 0 saturated carbocycles. The summed E-state index contributed by atoms with van der Waals surface area (Å²) in [5.74, 6) is 0. The lowest BCUT2D eigenvalue weighted by Crippen LogP contribution is -2.31. The first kappa shape index (κ1) is 12.2. The molecule has 1 aromatic rings. The number of hydrogen-bond donors (Lipinski definition) is 0. The fourth-order valence-corrected chi connectivity index (χ4v) is 2.43. The fraction of sp³-hybridized carbons (Fsp3) is 0.462. The summed E-state index contributed by atoms with van der Waals surface area (Å²) in [4.78, 5) is 4.50. The van der Waals surface area contributed by atoms with Gasteiger partial charge in [0.1, 0.15) is 6.07 Å². The predicted octanol–water partition coefficient (Wildman–Crippen LogP) is 2.35. The van der Waals surface area contributed by atoms with Gasteiger partial charge in [0, 0.05) is 24.2 Å². The fourth-order valence-electron chi connectivity index (χ4n) is 2.26.